The molecule has 0 atom stereocenters. The summed E-state index contributed by atoms with van der Waals surface area (Å²) in [6, 6.07) is 17.9. The Hall–Kier alpha value is -2.42. The van der Waals surface area contributed by atoms with Gasteiger partial charge < -0.3 is 5.73 Å². The topological polar surface area (TPSA) is 51.8 Å². The van der Waals surface area contributed by atoms with Crippen LogP contribution in [0.5, 0.6) is 0 Å². The zero-order valence-corrected chi connectivity index (χ0v) is 9.88. The van der Waals surface area contributed by atoms with Crippen molar-refractivity contribution in [2.75, 3.05) is 5.73 Å². The first-order valence-electron chi connectivity index (χ1n) is 5.88. The summed E-state index contributed by atoms with van der Waals surface area (Å²) in [5, 5.41) is 0. The quantitative estimate of drug-likeness (QED) is 0.743. The molecule has 0 amide bonds. The number of benzene rings is 2. The standard InChI is InChI=1S/C15H13N3/c16-15-14(10-11-6-2-1-3-7-11)17-12-8-4-5-9-13(12)18-15/h1-9H,10H2,(H2,16,18). The number of anilines is 1. The van der Waals surface area contributed by atoms with Crippen LogP contribution in [0, 0.1) is 0 Å². The molecule has 3 nitrogen and oxygen atoms in total. The van der Waals surface area contributed by atoms with Crippen molar-refractivity contribution < 1.29 is 0 Å². The zero-order chi connectivity index (χ0) is 12.4. The summed E-state index contributed by atoms with van der Waals surface area (Å²) >= 11 is 0. The Labute approximate surface area is 105 Å². The smallest absolute Gasteiger partial charge is 0.146 e. The van der Waals surface area contributed by atoms with Gasteiger partial charge in [0.05, 0.1) is 16.7 Å². The number of fused-ring (bicyclic) bond motifs is 1. The predicted molar refractivity (Wildman–Crippen MR) is 73.2 cm³/mol. The molecule has 3 aromatic rings. The average Bonchev–Trinajstić information content (AvgIpc) is 2.41. The van der Waals surface area contributed by atoms with Crippen LogP contribution in [0.4, 0.5) is 5.82 Å². The SMILES string of the molecule is Nc1nc2ccccc2nc1Cc1ccccc1. The van der Waals surface area contributed by atoms with Crippen molar-refractivity contribution >= 4 is 16.9 Å². The second-order valence-corrected chi connectivity index (χ2v) is 4.21. The lowest BCUT2D eigenvalue weighted by Crippen LogP contribution is -2.02. The maximum Gasteiger partial charge on any atom is 0.146 e. The molecule has 0 spiro atoms. The molecule has 18 heavy (non-hydrogen) atoms. The molecule has 1 heterocycles. The van der Waals surface area contributed by atoms with Gasteiger partial charge in [0, 0.05) is 6.42 Å². The second-order valence-electron chi connectivity index (χ2n) is 4.21. The van der Waals surface area contributed by atoms with Crippen molar-refractivity contribution in [3.63, 3.8) is 0 Å². The molecule has 2 N–H and O–H groups in total. The summed E-state index contributed by atoms with van der Waals surface area (Å²) in [7, 11) is 0. The third kappa shape index (κ3) is 2.02. The Morgan fingerprint density at radius 2 is 1.39 bits per heavy atom. The molecule has 0 bridgehead atoms. The van der Waals surface area contributed by atoms with Crippen LogP contribution in [0.1, 0.15) is 11.3 Å². The first-order chi connectivity index (χ1) is 8.83. The number of nitrogens with two attached hydrogens (primary N) is 1. The number of rotatable bonds is 2. The molecule has 3 heteroatoms. The van der Waals surface area contributed by atoms with E-state index < -0.39 is 0 Å². The Kier molecular flexibility index (Phi) is 2.65. The summed E-state index contributed by atoms with van der Waals surface area (Å²) in [5.74, 6) is 0.512. The molecule has 0 aliphatic carbocycles. The van der Waals surface area contributed by atoms with E-state index in [1.54, 1.807) is 0 Å². The lowest BCUT2D eigenvalue weighted by atomic mass is 10.1. The number of nitrogens with zero attached hydrogens (tertiary/aromatic N) is 2. The number of para-hydroxylation sites is 2. The fraction of sp³-hybridized carbons (Fsp3) is 0.0667. The van der Waals surface area contributed by atoms with Gasteiger partial charge in [0.15, 0.2) is 0 Å². The van der Waals surface area contributed by atoms with Crippen molar-refractivity contribution in [1.29, 1.82) is 0 Å². The first-order valence-corrected chi connectivity index (χ1v) is 5.88. The largest absolute Gasteiger partial charge is 0.382 e. The summed E-state index contributed by atoms with van der Waals surface area (Å²) in [6.07, 6.45) is 0.713. The van der Waals surface area contributed by atoms with E-state index in [0.717, 1.165) is 16.7 Å². The van der Waals surface area contributed by atoms with E-state index in [4.69, 9.17) is 5.73 Å². The van der Waals surface area contributed by atoms with Gasteiger partial charge in [-0.15, -0.1) is 0 Å². The molecule has 0 saturated heterocycles. The van der Waals surface area contributed by atoms with Crippen LogP contribution in [0.25, 0.3) is 11.0 Å². The average molecular weight is 235 g/mol. The van der Waals surface area contributed by atoms with Gasteiger partial charge in [0.25, 0.3) is 0 Å². The van der Waals surface area contributed by atoms with Crippen molar-refractivity contribution in [2.24, 2.45) is 0 Å². The fourth-order valence-corrected chi connectivity index (χ4v) is 1.97. The highest BCUT2D eigenvalue weighted by molar-refractivity contribution is 5.76. The van der Waals surface area contributed by atoms with E-state index in [1.807, 2.05) is 42.5 Å². The van der Waals surface area contributed by atoms with Gasteiger partial charge in [-0.2, -0.15) is 0 Å². The molecule has 1 aromatic heterocycles. The first kappa shape index (κ1) is 10.7. The molecule has 0 radical (unpaired) electrons. The Morgan fingerprint density at radius 1 is 0.778 bits per heavy atom. The minimum absolute atomic E-state index is 0.512. The van der Waals surface area contributed by atoms with Crippen molar-refractivity contribution in [3.8, 4) is 0 Å². The van der Waals surface area contributed by atoms with Crippen LogP contribution in [0.3, 0.4) is 0 Å². The molecule has 3 rings (SSSR count). The highest BCUT2D eigenvalue weighted by Crippen LogP contribution is 2.17. The molecular formula is C15H13N3. The highest BCUT2D eigenvalue weighted by Gasteiger charge is 2.06. The van der Waals surface area contributed by atoms with Gasteiger partial charge in [-0.05, 0) is 17.7 Å². The van der Waals surface area contributed by atoms with Gasteiger partial charge in [-0.25, -0.2) is 9.97 Å². The van der Waals surface area contributed by atoms with Crippen LogP contribution in [-0.4, -0.2) is 9.97 Å². The lowest BCUT2D eigenvalue weighted by molar-refractivity contribution is 1.08. The van der Waals surface area contributed by atoms with Crippen LogP contribution in [0.2, 0.25) is 0 Å². The van der Waals surface area contributed by atoms with E-state index in [-0.39, 0.29) is 0 Å². The summed E-state index contributed by atoms with van der Waals surface area (Å²) < 4.78 is 0. The van der Waals surface area contributed by atoms with Gasteiger partial charge in [0.1, 0.15) is 5.82 Å². The fourth-order valence-electron chi connectivity index (χ4n) is 1.97. The van der Waals surface area contributed by atoms with Crippen molar-refractivity contribution in [1.82, 2.24) is 9.97 Å². The number of aromatic nitrogens is 2. The van der Waals surface area contributed by atoms with E-state index in [2.05, 4.69) is 22.1 Å². The molecule has 88 valence electrons. The third-order valence-electron chi connectivity index (χ3n) is 2.89. The summed E-state index contributed by atoms with van der Waals surface area (Å²) in [4.78, 5) is 8.97. The maximum atomic E-state index is 5.96. The van der Waals surface area contributed by atoms with Crippen molar-refractivity contribution in [2.45, 2.75) is 6.42 Å². The highest BCUT2D eigenvalue weighted by atomic mass is 14.9. The lowest BCUT2D eigenvalue weighted by Gasteiger charge is -2.06. The number of hydrogen-bond acceptors (Lipinski definition) is 3. The maximum absolute atomic E-state index is 5.96. The van der Waals surface area contributed by atoms with Crippen LogP contribution >= 0.6 is 0 Å². The molecular weight excluding hydrogens is 222 g/mol. The monoisotopic (exact) mass is 235 g/mol. The molecule has 0 aliphatic rings. The molecule has 0 saturated carbocycles. The summed E-state index contributed by atoms with van der Waals surface area (Å²) in [6.45, 7) is 0. The van der Waals surface area contributed by atoms with Crippen molar-refractivity contribution in [3.05, 3.63) is 65.9 Å². The van der Waals surface area contributed by atoms with Gasteiger partial charge >= 0.3 is 0 Å². The van der Waals surface area contributed by atoms with E-state index >= 15 is 0 Å². The van der Waals surface area contributed by atoms with Crippen LogP contribution < -0.4 is 5.73 Å². The van der Waals surface area contributed by atoms with Crippen LogP contribution in [0.15, 0.2) is 54.6 Å². The number of hydrogen-bond donors (Lipinski definition) is 1. The Morgan fingerprint density at radius 3 is 2.11 bits per heavy atom. The minimum Gasteiger partial charge on any atom is -0.382 e. The van der Waals surface area contributed by atoms with Crippen LogP contribution in [-0.2, 0) is 6.42 Å². The minimum atomic E-state index is 0.512. The molecule has 0 aliphatic heterocycles. The normalized spacial score (nSPS) is 10.7. The third-order valence-corrected chi connectivity index (χ3v) is 2.89. The predicted octanol–water partition coefficient (Wildman–Crippen LogP) is 2.80. The van der Waals surface area contributed by atoms with E-state index in [9.17, 15) is 0 Å². The zero-order valence-electron chi connectivity index (χ0n) is 9.88. The second kappa shape index (κ2) is 4.45. The van der Waals surface area contributed by atoms with E-state index in [1.165, 1.54) is 5.56 Å². The van der Waals surface area contributed by atoms with Gasteiger partial charge in [0.2, 0.25) is 0 Å². The van der Waals surface area contributed by atoms with Gasteiger partial charge in [-0.1, -0.05) is 42.5 Å². The molecule has 0 fully saturated rings. The Bertz CT molecular complexity index is 678. The molecule has 2 aromatic carbocycles. The molecule has 0 unspecified atom stereocenters. The van der Waals surface area contributed by atoms with Gasteiger partial charge in [-0.3, -0.25) is 0 Å². The Balaban J connectivity index is 2.04. The number of nitrogen functional groups attached to an aromatic ring is 1. The van der Waals surface area contributed by atoms with E-state index in [0.29, 0.717) is 12.2 Å². The summed E-state index contributed by atoms with van der Waals surface area (Å²) in [5.41, 5.74) is 9.71.